The monoisotopic (exact) mass is 638 g/mol. The SMILES string of the molecule is CC(C)[C@@H](CN1CCC[C@H]1C(=O)N1CCC[C@H]1C(=O)NCc1ccccc1)N(C)C(=O)C(NC(=O)[C@H]1CCCCN1C)C(C)(C)C. The van der Waals surface area contributed by atoms with Gasteiger partial charge in [-0.15, -0.1) is 0 Å². The quantitative estimate of drug-likeness (QED) is 0.386. The van der Waals surface area contributed by atoms with E-state index in [-0.39, 0.29) is 47.7 Å². The van der Waals surface area contributed by atoms with Crippen molar-refractivity contribution in [2.24, 2.45) is 11.3 Å². The molecule has 10 nitrogen and oxygen atoms in total. The van der Waals surface area contributed by atoms with Gasteiger partial charge in [-0.2, -0.15) is 0 Å². The largest absolute Gasteiger partial charge is 0.350 e. The van der Waals surface area contributed by atoms with Gasteiger partial charge in [0.2, 0.25) is 23.6 Å². The molecule has 2 N–H and O–H groups in total. The molecular weight excluding hydrogens is 580 g/mol. The van der Waals surface area contributed by atoms with Crippen molar-refractivity contribution < 1.29 is 19.2 Å². The lowest BCUT2D eigenvalue weighted by Gasteiger charge is -2.41. The van der Waals surface area contributed by atoms with E-state index in [1.165, 1.54) is 0 Å². The number of hydrogen-bond acceptors (Lipinski definition) is 6. The summed E-state index contributed by atoms with van der Waals surface area (Å²) in [5.41, 5.74) is 0.551. The molecule has 3 heterocycles. The molecule has 4 amide bonds. The first-order chi connectivity index (χ1) is 21.8. The van der Waals surface area contributed by atoms with Crippen molar-refractivity contribution in [3.8, 4) is 0 Å². The number of rotatable bonds is 11. The Labute approximate surface area is 276 Å². The number of carbonyl (C=O) groups excluding carboxylic acids is 4. The number of amides is 4. The number of piperidine rings is 1. The van der Waals surface area contributed by atoms with Gasteiger partial charge in [-0.1, -0.05) is 71.4 Å². The maximum absolute atomic E-state index is 14.2. The third-order valence-electron chi connectivity index (χ3n) is 10.3. The van der Waals surface area contributed by atoms with E-state index in [1.807, 2.05) is 65.2 Å². The van der Waals surface area contributed by atoms with Gasteiger partial charge in [-0.25, -0.2) is 0 Å². The molecule has 46 heavy (non-hydrogen) atoms. The van der Waals surface area contributed by atoms with Crippen LogP contribution in [-0.2, 0) is 25.7 Å². The van der Waals surface area contributed by atoms with Gasteiger partial charge in [0.25, 0.3) is 0 Å². The number of benzene rings is 1. The highest BCUT2D eigenvalue weighted by Crippen LogP contribution is 2.28. The first-order valence-electron chi connectivity index (χ1n) is 17.4. The normalized spacial score (nSPS) is 24.1. The van der Waals surface area contributed by atoms with Crippen LogP contribution in [0.25, 0.3) is 0 Å². The predicted octanol–water partition coefficient (Wildman–Crippen LogP) is 3.26. The molecule has 0 radical (unpaired) electrons. The van der Waals surface area contributed by atoms with E-state index < -0.39 is 17.5 Å². The molecule has 1 unspecified atom stereocenters. The van der Waals surface area contributed by atoms with E-state index in [0.717, 1.165) is 57.2 Å². The summed E-state index contributed by atoms with van der Waals surface area (Å²) < 4.78 is 0. The number of nitrogens with zero attached hydrogens (tertiary/aromatic N) is 4. The number of likely N-dealkylation sites (N-methyl/N-ethyl adjacent to an activating group) is 2. The van der Waals surface area contributed by atoms with Crippen LogP contribution in [0.5, 0.6) is 0 Å². The Bertz CT molecular complexity index is 1200. The standard InChI is InChI=1S/C36H58N6O4/c1-25(2)30(40(7)35(46)31(36(3,4)5)38-33(44)27-17-11-12-20-39(27)6)24-41-21-13-19-29(41)34(45)42-22-14-18-28(42)32(43)37-23-26-15-9-8-10-16-26/h8-10,15-16,25,27-31H,11-14,17-24H2,1-7H3,(H,37,43)(H,38,44)/t27-,28+,29+,30-,31?/m1/s1. The van der Waals surface area contributed by atoms with Crippen LogP contribution in [0.1, 0.15) is 85.1 Å². The van der Waals surface area contributed by atoms with E-state index in [1.54, 1.807) is 9.80 Å². The van der Waals surface area contributed by atoms with Crippen molar-refractivity contribution in [3.05, 3.63) is 35.9 Å². The summed E-state index contributed by atoms with van der Waals surface area (Å²) in [5, 5.41) is 6.18. The second kappa shape index (κ2) is 15.7. The van der Waals surface area contributed by atoms with Crippen LogP contribution < -0.4 is 10.6 Å². The van der Waals surface area contributed by atoms with Crippen molar-refractivity contribution in [2.45, 2.75) is 116 Å². The lowest BCUT2D eigenvalue weighted by Crippen LogP contribution is -2.61. The minimum Gasteiger partial charge on any atom is -0.350 e. The molecule has 3 saturated heterocycles. The minimum atomic E-state index is -0.669. The van der Waals surface area contributed by atoms with E-state index in [4.69, 9.17) is 0 Å². The molecule has 0 aliphatic carbocycles. The Hall–Kier alpha value is -2.98. The van der Waals surface area contributed by atoms with Crippen molar-refractivity contribution in [2.75, 3.05) is 40.3 Å². The molecule has 3 fully saturated rings. The number of likely N-dealkylation sites (tertiary alicyclic amines) is 3. The molecule has 0 aromatic heterocycles. The second-order valence-electron chi connectivity index (χ2n) is 15.1. The summed E-state index contributed by atoms with van der Waals surface area (Å²) in [7, 11) is 3.82. The summed E-state index contributed by atoms with van der Waals surface area (Å²) in [6.45, 7) is 13.4. The number of nitrogens with one attached hydrogen (secondary N) is 2. The minimum absolute atomic E-state index is 0.0165. The molecule has 1 aromatic carbocycles. The van der Waals surface area contributed by atoms with Crippen LogP contribution in [0, 0.1) is 11.3 Å². The number of carbonyl (C=O) groups is 4. The van der Waals surface area contributed by atoms with E-state index >= 15 is 0 Å². The zero-order valence-corrected chi connectivity index (χ0v) is 29.3. The van der Waals surface area contributed by atoms with Gasteiger partial charge in [-0.3, -0.25) is 29.0 Å². The zero-order chi connectivity index (χ0) is 33.6. The number of hydrogen-bond donors (Lipinski definition) is 2. The predicted molar refractivity (Wildman–Crippen MR) is 181 cm³/mol. The van der Waals surface area contributed by atoms with Gasteiger partial charge in [0.05, 0.1) is 12.1 Å². The van der Waals surface area contributed by atoms with Gasteiger partial charge in [0.1, 0.15) is 12.1 Å². The fourth-order valence-corrected chi connectivity index (χ4v) is 7.40. The third kappa shape index (κ3) is 8.68. The molecule has 5 atom stereocenters. The van der Waals surface area contributed by atoms with Gasteiger partial charge < -0.3 is 20.4 Å². The molecule has 0 bridgehead atoms. The van der Waals surface area contributed by atoms with Crippen molar-refractivity contribution >= 4 is 23.6 Å². The van der Waals surface area contributed by atoms with Gasteiger partial charge in [-0.05, 0) is 75.6 Å². The summed E-state index contributed by atoms with van der Waals surface area (Å²) in [5.74, 6) is -0.130. The average molecular weight is 639 g/mol. The highest BCUT2D eigenvalue weighted by atomic mass is 16.2. The molecule has 3 aliphatic heterocycles. The van der Waals surface area contributed by atoms with Crippen LogP contribution in [0.3, 0.4) is 0 Å². The molecule has 256 valence electrons. The zero-order valence-electron chi connectivity index (χ0n) is 29.3. The fraction of sp³-hybridized carbons (Fsp3) is 0.722. The van der Waals surface area contributed by atoms with Crippen LogP contribution in [0.2, 0.25) is 0 Å². The first-order valence-corrected chi connectivity index (χ1v) is 17.4. The summed E-state index contributed by atoms with van der Waals surface area (Å²) >= 11 is 0. The Morgan fingerprint density at radius 2 is 1.52 bits per heavy atom. The highest BCUT2D eigenvalue weighted by Gasteiger charge is 2.43. The molecule has 3 aliphatic rings. The van der Waals surface area contributed by atoms with Gasteiger partial charge >= 0.3 is 0 Å². The summed E-state index contributed by atoms with van der Waals surface area (Å²) in [6, 6.07) is 8.01. The molecule has 4 rings (SSSR count). The highest BCUT2D eigenvalue weighted by molar-refractivity contribution is 5.91. The van der Waals surface area contributed by atoms with Gasteiger partial charge in [0.15, 0.2) is 0 Å². The third-order valence-corrected chi connectivity index (χ3v) is 10.3. The van der Waals surface area contributed by atoms with E-state index in [9.17, 15) is 19.2 Å². The molecule has 0 saturated carbocycles. The molecule has 10 heteroatoms. The maximum Gasteiger partial charge on any atom is 0.245 e. The van der Waals surface area contributed by atoms with Crippen molar-refractivity contribution in [1.82, 2.24) is 30.2 Å². The van der Waals surface area contributed by atoms with Crippen molar-refractivity contribution in [1.29, 1.82) is 0 Å². The fourth-order valence-electron chi connectivity index (χ4n) is 7.40. The Balaban J connectivity index is 1.42. The van der Waals surface area contributed by atoms with E-state index in [2.05, 4.69) is 34.3 Å². The molecule has 1 aromatic rings. The van der Waals surface area contributed by atoms with Crippen molar-refractivity contribution in [3.63, 3.8) is 0 Å². The Morgan fingerprint density at radius 3 is 2.17 bits per heavy atom. The Kier molecular flexibility index (Phi) is 12.3. The van der Waals surface area contributed by atoms with Crippen LogP contribution in [0.15, 0.2) is 30.3 Å². The summed E-state index contributed by atoms with van der Waals surface area (Å²) in [6.07, 6.45) is 6.01. The molecular formula is C36H58N6O4. The topological polar surface area (TPSA) is 105 Å². The van der Waals surface area contributed by atoms with Gasteiger partial charge in [0, 0.05) is 32.7 Å². The lowest BCUT2D eigenvalue weighted by molar-refractivity contribution is -0.144. The summed E-state index contributed by atoms with van der Waals surface area (Å²) in [4.78, 5) is 62.7. The first kappa shape index (κ1) is 35.9. The van der Waals surface area contributed by atoms with Crippen LogP contribution in [0.4, 0.5) is 0 Å². The van der Waals surface area contributed by atoms with Crippen LogP contribution in [-0.4, -0.2) is 114 Å². The lowest BCUT2D eigenvalue weighted by atomic mass is 9.84. The smallest absolute Gasteiger partial charge is 0.245 e. The molecule has 0 spiro atoms. The second-order valence-corrected chi connectivity index (χ2v) is 15.1. The average Bonchev–Trinajstić information content (AvgIpc) is 3.70. The van der Waals surface area contributed by atoms with E-state index in [0.29, 0.717) is 26.1 Å². The Morgan fingerprint density at radius 1 is 0.870 bits per heavy atom. The maximum atomic E-state index is 14.2. The van der Waals surface area contributed by atoms with Crippen LogP contribution >= 0.6 is 0 Å².